The van der Waals surface area contributed by atoms with Crippen LogP contribution in [0.2, 0.25) is 0 Å². The maximum Gasteiger partial charge on any atom is 0.0380 e. The van der Waals surface area contributed by atoms with E-state index in [4.69, 9.17) is 0 Å². The molecule has 0 saturated carbocycles. The minimum Gasteiger partial charge on any atom is -0.143 e. The monoisotopic (exact) mass is 268 g/mol. The molecule has 0 aliphatic rings. The molecule has 0 amide bonds. The van der Waals surface area contributed by atoms with E-state index in [1.54, 1.807) is 0 Å². The predicted octanol–water partition coefficient (Wildman–Crippen LogP) is 4.67. The first-order chi connectivity index (χ1) is 6.77. The third-order valence-electron chi connectivity index (χ3n) is 2.66. The molecule has 0 saturated heterocycles. The maximum absolute atomic E-state index is 3.53. The smallest absolute Gasteiger partial charge is 0.0380 e. The third-order valence-corrected chi connectivity index (χ3v) is 4.37. The van der Waals surface area contributed by atoms with Crippen LogP contribution in [-0.2, 0) is 11.8 Å². The number of hydrogen-bond acceptors (Lipinski definition) is 1. The first-order valence-electron chi connectivity index (χ1n) is 4.82. The molecule has 0 N–H and O–H groups in total. The highest BCUT2D eigenvalue weighted by Gasteiger charge is 2.07. The van der Waals surface area contributed by atoms with E-state index in [9.17, 15) is 0 Å². The summed E-state index contributed by atoms with van der Waals surface area (Å²) in [4.78, 5) is 0. The van der Waals surface area contributed by atoms with Crippen LogP contribution in [0, 0.1) is 6.92 Å². The Labute approximate surface area is 97.1 Å². The summed E-state index contributed by atoms with van der Waals surface area (Å²) in [5.74, 6) is 0. The van der Waals surface area contributed by atoms with Crippen molar-refractivity contribution in [1.29, 1.82) is 0 Å². The van der Waals surface area contributed by atoms with Gasteiger partial charge in [0.25, 0.3) is 0 Å². The van der Waals surface area contributed by atoms with Gasteiger partial charge in [0.2, 0.25) is 0 Å². The van der Waals surface area contributed by atoms with E-state index in [0.717, 1.165) is 11.8 Å². The molecule has 0 unspecified atom stereocenters. The molecule has 0 nitrogen and oxygen atoms in total. The van der Waals surface area contributed by atoms with Crippen LogP contribution in [0.3, 0.4) is 0 Å². The third kappa shape index (κ3) is 1.51. The highest BCUT2D eigenvalue weighted by molar-refractivity contribution is 9.08. The zero-order valence-electron chi connectivity index (χ0n) is 8.43. The van der Waals surface area contributed by atoms with Crippen LogP contribution in [0.4, 0.5) is 0 Å². The number of fused-ring (bicyclic) bond motifs is 1. The Kier molecular flexibility index (Phi) is 2.93. The average molecular weight is 269 g/mol. The van der Waals surface area contributed by atoms with Crippen LogP contribution in [0.15, 0.2) is 17.5 Å². The zero-order chi connectivity index (χ0) is 10.1. The molecule has 0 aliphatic carbocycles. The van der Waals surface area contributed by atoms with E-state index < -0.39 is 0 Å². The van der Waals surface area contributed by atoms with Gasteiger partial charge in [0.1, 0.15) is 0 Å². The second-order valence-electron chi connectivity index (χ2n) is 3.49. The fourth-order valence-electron chi connectivity index (χ4n) is 1.85. The largest absolute Gasteiger partial charge is 0.143 e. The van der Waals surface area contributed by atoms with Crippen molar-refractivity contribution in [1.82, 2.24) is 0 Å². The van der Waals surface area contributed by atoms with Crippen molar-refractivity contribution < 1.29 is 0 Å². The van der Waals surface area contributed by atoms with Gasteiger partial charge in [-0.15, -0.1) is 11.3 Å². The molecule has 0 aliphatic heterocycles. The summed E-state index contributed by atoms with van der Waals surface area (Å²) in [6.45, 7) is 4.43. The Morgan fingerprint density at radius 1 is 1.36 bits per heavy atom. The van der Waals surface area contributed by atoms with Crippen molar-refractivity contribution in [2.24, 2.45) is 0 Å². The van der Waals surface area contributed by atoms with Gasteiger partial charge in [-0.05, 0) is 40.8 Å². The van der Waals surface area contributed by atoms with Crippen LogP contribution >= 0.6 is 27.3 Å². The van der Waals surface area contributed by atoms with Gasteiger partial charge in [-0.3, -0.25) is 0 Å². The highest BCUT2D eigenvalue weighted by Crippen LogP contribution is 2.32. The second kappa shape index (κ2) is 4.03. The second-order valence-corrected chi connectivity index (χ2v) is 4.93. The molecule has 0 spiro atoms. The van der Waals surface area contributed by atoms with Gasteiger partial charge in [-0.1, -0.05) is 35.0 Å². The minimum atomic E-state index is 0.958. The van der Waals surface area contributed by atoms with Crippen LogP contribution in [-0.4, -0.2) is 0 Å². The lowest BCUT2D eigenvalue weighted by molar-refractivity contribution is 1.13. The predicted molar refractivity (Wildman–Crippen MR) is 68.6 cm³/mol. The van der Waals surface area contributed by atoms with Crippen molar-refractivity contribution >= 4 is 37.4 Å². The van der Waals surface area contributed by atoms with Crippen LogP contribution < -0.4 is 0 Å². The Morgan fingerprint density at radius 2 is 2.14 bits per heavy atom. The van der Waals surface area contributed by atoms with E-state index in [2.05, 4.69) is 47.3 Å². The Balaban J connectivity index is 2.76. The summed E-state index contributed by atoms with van der Waals surface area (Å²) in [5.41, 5.74) is 4.35. The van der Waals surface area contributed by atoms with Crippen molar-refractivity contribution in [2.45, 2.75) is 25.6 Å². The van der Waals surface area contributed by atoms with Crippen molar-refractivity contribution in [3.63, 3.8) is 0 Å². The number of thiophene rings is 1. The van der Waals surface area contributed by atoms with Crippen molar-refractivity contribution in [2.75, 3.05) is 0 Å². The first-order valence-corrected chi connectivity index (χ1v) is 6.82. The summed E-state index contributed by atoms with van der Waals surface area (Å²) in [6.07, 6.45) is 1.13. The minimum absolute atomic E-state index is 0.958. The van der Waals surface area contributed by atoms with Gasteiger partial charge in [-0.2, -0.15) is 0 Å². The summed E-state index contributed by atoms with van der Waals surface area (Å²) in [7, 11) is 0. The summed E-state index contributed by atoms with van der Waals surface area (Å²) < 4.78 is 1.47. The lowest BCUT2D eigenvalue weighted by Gasteiger charge is -2.04. The Bertz CT molecular complexity index is 457. The SMILES string of the molecule is CCc1c(C)ccc2c(CBr)csc12. The molecule has 2 aromatic rings. The van der Waals surface area contributed by atoms with E-state index in [1.807, 2.05) is 11.3 Å². The number of alkyl halides is 1. The molecular formula is C12H13BrS. The topological polar surface area (TPSA) is 0 Å². The lowest BCUT2D eigenvalue weighted by atomic mass is 10.0. The normalized spacial score (nSPS) is 11.1. The number of hydrogen-bond donors (Lipinski definition) is 0. The van der Waals surface area contributed by atoms with Crippen LogP contribution in [0.5, 0.6) is 0 Å². The maximum atomic E-state index is 3.53. The zero-order valence-corrected chi connectivity index (χ0v) is 10.8. The molecule has 0 fully saturated rings. The lowest BCUT2D eigenvalue weighted by Crippen LogP contribution is -1.86. The van der Waals surface area contributed by atoms with E-state index in [1.165, 1.54) is 26.8 Å². The molecule has 14 heavy (non-hydrogen) atoms. The fourth-order valence-corrected chi connectivity index (χ4v) is 3.77. The van der Waals surface area contributed by atoms with Gasteiger partial charge in [0.15, 0.2) is 0 Å². The molecule has 0 bridgehead atoms. The number of halogens is 1. The van der Waals surface area contributed by atoms with Gasteiger partial charge in [0, 0.05) is 10.0 Å². The number of aryl methyl sites for hydroxylation is 2. The van der Waals surface area contributed by atoms with Crippen molar-refractivity contribution in [3.8, 4) is 0 Å². The highest BCUT2D eigenvalue weighted by atomic mass is 79.9. The average Bonchev–Trinajstić information content (AvgIpc) is 2.60. The summed E-state index contributed by atoms with van der Waals surface area (Å²) >= 11 is 5.40. The number of rotatable bonds is 2. The van der Waals surface area contributed by atoms with Gasteiger partial charge in [-0.25, -0.2) is 0 Å². The molecule has 2 rings (SSSR count). The Morgan fingerprint density at radius 3 is 2.79 bits per heavy atom. The number of benzene rings is 1. The molecular weight excluding hydrogens is 256 g/mol. The van der Waals surface area contributed by atoms with Gasteiger partial charge in [0.05, 0.1) is 0 Å². The summed E-state index contributed by atoms with van der Waals surface area (Å²) in [6, 6.07) is 4.48. The quantitative estimate of drug-likeness (QED) is 0.695. The first kappa shape index (κ1) is 10.2. The van der Waals surface area contributed by atoms with Crippen LogP contribution in [0.1, 0.15) is 23.6 Å². The van der Waals surface area contributed by atoms with E-state index in [-0.39, 0.29) is 0 Å². The standard InChI is InChI=1S/C12H13BrS/c1-3-10-8(2)4-5-11-9(6-13)7-14-12(10)11/h4-5,7H,3,6H2,1-2H3. The molecule has 1 aromatic carbocycles. The molecule has 1 heterocycles. The van der Waals surface area contributed by atoms with Gasteiger partial charge < -0.3 is 0 Å². The van der Waals surface area contributed by atoms with E-state index >= 15 is 0 Å². The molecule has 1 aromatic heterocycles. The van der Waals surface area contributed by atoms with Crippen LogP contribution in [0.25, 0.3) is 10.1 Å². The Hall–Kier alpha value is -0.340. The van der Waals surface area contributed by atoms with Crippen molar-refractivity contribution in [3.05, 3.63) is 34.2 Å². The van der Waals surface area contributed by atoms with E-state index in [0.29, 0.717) is 0 Å². The summed E-state index contributed by atoms with van der Waals surface area (Å²) in [5, 5.41) is 4.64. The molecule has 0 atom stereocenters. The molecule has 2 heteroatoms. The molecule has 74 valence electrons. The van der Waals surface area contributed by atoms with Gasteiger partial charge >= 0.3 is 0 Å². The molecule has 0 radical (unpaired) electrons. The fraction of sp³-hybridized carbons (Fsp3) is 0.333.